The van der Waals surface area contributed by atoms with Crippen molar-refractivity contribution in [2.75, 3.05) is 4.90 Å². The molecule has 2 amide bonds. The van der Waals surface area contributed by atoms with Crippen LogP contribution < -0.4 is 4.90 Å². The van der Waals surface area contributed by atoms with Gasteiger partial charge in [-0.3, -0.25) is 0 Å². The van der Waals surface area contributed by atoms with Crippen molar-refractivity contribution in [2.24, 2.45) is 0 Å². The molecular weight excluding hydrogens is 290 g/mol. The Morgan fingerprint density at radius 2 is 2.00 bits per heavy atom. The summed E-state index contributed by atoms with van der Waals surface area (Å²) >= 11 is 0. The van der Waals surface area contributed by atoms with Crippen LogP contribution in [-0.2, 0) is 4.74 Å². The van der Waals surface area contributed by atoms with E-state index in [0.29, 0.717) is 16.2 Å². The third-order valence-corrected chi connectivity index (χ3v) is 2.48. The zero-order valence-electron chi connectivity index (χ0n) is 12.3. The highest BCUT2D eigenvalue weighted by atomic mass is 16.6. The second-order valence-corrected chi connectivity index (χ2v) is 5.39. The number of hydrogen-bond donors (Lipinski definition) is 1. The fourth-order valence-corrected chi connectivity index (χ4v) is 1.61. The third kappa shape index (κ3) is 3.60. The van der Waals surface area contributed by atoms with Crippen LogP contribution in [0.4, 0.5) is 15.4 Å². The first-order chi connectivity index (χ1) is 10.3. The highest BCUT2D eigenvalue weighted by Gasteiger charge is 2.29. The Labute approximate surface area is 126 Å². The topological polar surface area (TPSA) is 106 Å². The molecular formula is C14H15N3O5. The summed E-state index contributed by atoms with van der Waals surface area (Å²) in [6.45, 7) is 4.93. The lowest BCUT2D eigenvalue weighted by atomic mass is 10.2. The van der Waals surface area contributed by atoms with E-state index in [4.69, 9.17) is 9.26 Å². The number of carbonyl (C=O) groups is 2. The lowest BCUT2D eigenvalue weighted by Gasteiger charge is -2.23. The molecule has 0 bridgehead atoms. The normalized spacial score (nSPS) is 11.0. The Hall–Kier alpha value is -2.90. The Bertz CT molecular complexity index is 659. The molecule has 0 aliphatic rings. The molecule has 0 aliphatic heterocycles. The smallest absolute Gasteiger partial charge is 0.425 e. The molecule has 0 unspecified atom stereocenters. The summed E-state index contributed by atoms with van der Waals surface area (Å²) in [6, 6.07) is 4.61. The van der Waals surface area contributed by atoms with E-state index in [9.17, 15) is 14.7 Å². The maximum absolute atomic E-state index is 12.0. The summed E-state index contributed by atoms with van der Waals surface area (Å²) in [4.78, 5) is 27.7. The first-order valence-electron chi connectivity index (χ1n) is 6.41. The van der Waals surface area contributed by atoms with Crippen LogP contribution >= 0.6 is 0 Å². The minimum atomic E-state index is -1.48. The molecule has 22 heavy (non-hydrogen) atoms. The van der Waals surface area contributed by atoms with Crippen LogP contribution in [-0.4, -0.2) is 33.0 Å². The van der Waals surface area contributed by atoms with Crippen LogP contribution in [0.2, 0.25) is 0 Å². The fraction of sp³-hybridized carbons (Fsp3) is 0.286. The van der Waals surface area contributed by atoms with E-state index in [2.05, 4.69) is 10.1 Å². The third-order valence-electron chi connectivity index (χ3n) is 2.48. The lowest BCUT2D eigenvalue weighted by molar-refractivity contribution is 0.0581. The van der Waals surface area contributed by atoms with Crippen molar-refractivity contribution in [2.45, 2.75) is 26.4 Å². The number of amides is 2. The van der Waals surface area contributed by atoms with Crippen LogP contribution in [0.3, 0.4) is 0 Å². The number of hydrogen-bond acceptors (Lipinski definition) is 6. The zero-order chi connectivity index (χ0) is 16.3. The SMILES string of the molecule is CC(C)(C)OC(=O)N(C(=O)O)c1ccc(-c2ccon2)cn1. The van der Waals surface area contributed by atoms with Crippen molar-refractivity contribution in [1.82, 2.24) is 10.1 Å². The van der Waals surface area contributed by atoms with Gasteiger partial charge >= 0.3 is 12.2 Å². The predicted octanol–water partition coefficient (Wildman–Crippen LogP) is 3.16. The number of ether oxygens (including phenoxy) is 1. The van der Waals surface area contributed by atoms with Gasteiger partial charge in [0.05, 0.1) is 0 Å². The zero-order valence-corrected chi connectivity index (χ0v) is 12.3. The number of pyridine rings is 1. The molecule has 2 rings (SSSR count). The van der Waals surface area contributed by atoms with Crippen molar-refractivity contribution in [3.05, 3.63) is 30.7 Å². The number of carboxylic acid groups (broad SMARTS) is 1. The van der Waals surface area contributed by atoms with E-state index in [-0.39, 0.29) is 5.82 Å². The highest BCUT2D eigenvalue weighted by molar-refractivity contribution is 6.07. The monoisotopic (exact) mass is 305 g/mol. The van der Waals surface area contributed by atoms with Gasteiger partial charge in [-0.2, -0.15) is 4.90 Å². The summed E-state index contributed by atoms with van der Waals surface area (Å²) < 4.78 is 9.78. The predicted molar refractivity (Wildman–Crippen MR) is 76.5 cm³/mol. The average molecular weight is 305 g/mol. The molecule has 0 aliphatic carbocycles. The van der Waals surface area contributed by atoms with Gasteiger partial charge in [-0.05, 0) is 32.9 Å². The first kappa shape index (κ1) is 15.5. The minimum absolute atomic E-state index is 0.0611. The summed E-state index contributed by atoms with van der Waals surface area (Å²) in [5.74, 6) is -0.0611. The van der Waals surface area contributed by atoms with Gasteiger partial charge in [0.15, 0.2) is 0 Å². The fourth-order valence-electron chi connectivity index (χ4n) is 1.61. The minimum Gasteiger partial charge on any atom is -0.464 e. The number of nitrogens with zero attached hydrogens (tertiary/aromatic N) is 3. The van der Waals surface area contributed by atoms with Crippen molar-refractivity contribution >= 4 is 18.0 Å². The maximum Gasteiger partial charge on any atom is 0.425 e. The summed E-state index contributed by atoms with van der Waals surface area (Å²) in [5, 5.41) is 12.9. The summed E-state index contributed by atoms with van der Waals surface area (Å²) in [5.41, 5.74) is 0.371. The van der Waals surface area contributed by atoms with Crippen LogP contribution in [0.15, 0.2) is 35.2 Å². The van der Waals surface area contributed by atoms with E-state index < -0.39 is 17.8 Å². The van der Waals surface area contributed by atoms with Crippen molar-refractivity contribution in [1.29, 1.82) is 0 Å². The van der Waals surface area contributed by atoms with Gasteiger partial charge in [-0.1, -0.05) is 5.16 Å². The van der Waals surface area contributed by atoms with Gasteiger partial charge in [-0.25, -0.2) is 14.6 Å². The van der Waals surface area contributed by atoms with E-state index in [1.165, 1.54) is 18.5 Å². The maximum atomic E-state index is 12.0. The number of imide groups is 1. The molecule has 0 saturated heterocycles. The second kappa shape index (κ2) is 5.84. The molecule has 0 fully saturated rings. The van der Waals surface area contributed by atoms with Crippen LogP contribution in [0.5, 0.6) is 0 Å². The molecule has 2 aromatic heterocycles. The number of carbonyl (C=O) groups excluding carboxylic acids is 1. The highest BCUT2D eigenvalue weighted by Crippen LogP contribution is 2.21. The Kier molecular flexibility index (Phi) is 4.11. The largest absolute Gasteiger partial charge is 0.464 e. The molecule has 116 valence electrons. The van der Waals surface area contributed by atoms with Gasteiger partial charge in [0, 0.05) is 17.8 Å². The Morgan fingerprint density at radius 1 is 1.27 bits per heavy atom. The van der Waals surface area contributed by atoms with Crippen molar-refractivity contribution < 1.29 is 24.0 Å². The second-order valence-electron chi connectivity index (χ2n) is 5.39. The van der Waals surface area contributed by atoms with E-state index in [1.807, 2.05) is 0 Å². The Balaban J connectivity index is 2.26. The molecule has 0 atom stereocenters. The summed E-state index contributed by atoms with van der Waals surface area (Å²) in [7, 11) is 0. The quantitative estimate of drug-likeness (QED) is 0.908. The van der Waals surface area contributed by atoms with E-state index in [0.717, 1.165) is 0 Å². The molecule has 8 heteroatoms. The average Bonchev–Trinajstić information content (AvgIpc) is 2.91. The molecule has 2 heterocycles. The standard InChI is InChI=1S/C14H15N3O5/c1-14(2,3)22-13(20)17(12(18)19)11-5-4-9(8-15-11)10-6-7-21-16-10/h4-8H,1-3H3,(H,18,19). The van der Waals surface area contributed by atoms with E-state index in [1.54, 1.807) is 32.9 Å². The number of aromatic nitrogens is 2. The van der Waals surface area contributed by atoms with Gasteiger partial charge in [0.2, 0.25) is 0 Å². The van der Waals surface area contributed by atoms with E-state index >= 15 is 0 Å². The number of anilines is 1. The molecule has 2 aromatic rings. The summed E-state index contributed by atoms with van der Waals surface area (Å²) in [6.07, 6.45) is 0.318. The molecule has 0 radical (unpaired) electrons. The van der Waals surface area contributed by atoms with Crippen LogP contribution in [0.1, 0.15) is 20.8 Å². The Morgan fingerprint density at radius 3 is 2.45 bits per heavy atom. The first-order valence-corrected chi connectivity index (χ1v) is 6.41. The van der Waals surface area contributed by atoms with Crippen LogP contribution in [0.25, 0.3) is 11.3 Å². The molecule has 1 N–H and O–H groups in total. The van der Waals surface area contributed by atoms with Crippen molar-refractivity contribution in [3.63, 3.8) is 0 Å². The van der Waals surface area contributed by atoms with Gasteiger partial charge < -0.3 is 14.4 Å². The van der Waals surface area contributed by atoms with Gasteiger partial charge in [0.1, 0.15) is 23.4 Å². The molecule has 8 nitrogen and oxygen atoms in total. The van der Waals surface area contributed by atoms with Gasteiger partial charge in [-0.15, -0.1) is 0 Å². The number of rotatable bonds is 2. The molecule has 0 aromatic carbocycles. The van der Waals surface area contributed by atoms with Gasteiger partial charge in [0.25, 0.3) is 0 Å². The van der Waals surface area contributed by atoms with Crippen molar-refractivity contribution in [3.8, 4) is 11.3 Å². The molecule has 0 saturated carbocycles. The molecule has 0 spiro atoms. The van der Waals surface area contributed by atoms with Crippen LogP contribution in [0, 0.1) is 0 Å². The lowest BCUT2D eigenvalue weighted by Crippen LogP contribution is -2.40.